The number of nitrogens with two attached hydrogens (primary N) is 1. The van der Waals surface area contributed by atoms with Crippen LogP contribution >= 0.6 is 0 Å². The smallest absolute Gasteiger partial charge is 0.300 e. The van der Waals surface area contributed by atoms with Crippen LogP contribution in [-0.4, -0.2) is 56.3 Å². The zero-order valence-corrected chi connectivity index (χ0v) is 15.6. The second-order valence-electron chi connectivity index (χ2n) is 6.43. The molecule has 0 bridgehead atoms. The Morgan fingerprint density at radius 3 is 2.75 bits per heavy atom. The van der Waals surface area contributed by atoms with Crippen LogP contribution in [0.25, 0.3) is 5.69 Å². The molecule has 0 fully saturated rings. The van der Waals surface area contributed by atoms with Crippen molar-refractivity contribution in [1.29, 1.82) is 0 Å². The van der Waals surface area contributed by atoms with Crippen LogP contribution in [0.4, 0.5) is 0 Å². The fourth-order valence-corrected chi connectivity index (χ4v) is 3.02. The number of aliphatic carboxylic acids is 1. The topological polar surface area (TPSA) is 160 Å². The summed E-state index contributed by atoms with van der Waals surface area (Å²) in [7, 11) is 1.84. The van der Waals surface area contributed by atoms with Gasteiger partial charge in [0, 0.05) is 26.3 Å². The van der Waals surface area contributed by atoms with Crippen molar-refractivity contribution in [2.75, 3.05) is 0 Å². The maximum atomic E-state index is 11.2. The van der Waals surface area contributed by atoms with Gasteiger partial charge in [0.2, 0.25) is 5.91 Å². The first kappa shape index (κ1) is 19.2. The van der Waals surface area contributed by atoms with E-state index in [1.165, 1.54) is 0 Å². The lowest BCUT2D eigenvalue weighted by molar-refractivity contribution is -0.134. The highest BCUT2D eigenvalue weighted by atomic mass is 16.4. The summed E-state index contributed by atoms with van der Waals surface area (Å²) < 4.78 is 5.34. The van der Waals surface area contributed by atoms with Gasteiger partial charge in [-0.1, -0.05) is 0 Å². The number of carbonyl (C=O) groups is 2. The monoisotopic (exact) mass is 387 g/mol. The summed E-state index contributed by atoms with van der Waals surface area (Å²) in [5.74, 6) is 1.04. The molecule has 1 aliphatic rings. The first-order chi connectivity index (χ1) is 13.3. The molecule has 3 N–H and O–H groups in total. The van der Waals surface area contributed by atoms with Gasteiger partial charge < -0.3 is 10.8 Å². The standard InChI is InChI=1S/C14H17N9O.C2H4O2/c1-21-7-10(5-17-21)23-14(19-12(20-23)4-11(15)24)9-2-3-13-16-8-18-22(13)6-9;1-2(3)4/h5,7-9H,2-4,6H2,1H3,(H2,15,24);1H3,(H,3,4). The number of carbonyl (C=O) groups excluding carboxylic acids is 1. The number of hydrogen-bond acceptors (Lipinski definition) is 7. The molecule has 12 heteroatoms. The van der Waals surface area contributed by atoms with Crippen molar-refractivity contribution in [3.05, 3.63) is 36.2 Å². The van der Waals surface area contributed by atoms with Crippen LogP contribution in [0, 0.1) is 0 Å². The normalized spacial score (nSPS) is 15.4. The molecule has 0 aliphatic carbocycles. The van der Waals surface area contributed by atoms with E-state index in [9.17, 15) is 4.79 Å². The minimum absolute atomic E-state index is 0.0154. The molecule has 3 aromatic rings. The summed E-state index contributed by atoms with van der Waals surface area (Å²) in [6.45, 7) is 1.77. The zero-order valence-electron chi connectivity index (χ0n) is 15.6. The number of aromatic nitrogens is 8. The van der Waals surface area contributed by atoms with Gasteiger partial charge in [-0.25, -0.2) is 19.3 Å². The van der Waals surface area contributed by atoms with Crippen LogP contribution in [0.1, 0.15) is 36.7 Å². The van der Waals surface area contributed by atoms with Gasteiger partial charge in [-0.2, -0.15) is 15.3 Å². The Hall–Kier alpha value is -3.57. The molecule has 1 atom stereocenters. The Morgan fingerprint density at radius 2 is 2.11 bits per heavy atom. The fourth-order valence-electron chi connectivity index (χ4n) is 3.02. The van der Waals surface area contributed by atoms with Crippen molar-refractivity contribution in [3.8, 4) is 5.69 Å². The van der Waals surface area contributed by atoms with E-state index in [0.29, 0.717) is 12.4 Å². The quantitative estimate of drug-likeness (QED) is 0.602. The maximum absolute atomic E-state index is 11.2. The van der Waals surface area contributed by atoms with Gasteiger partial charge in [-0.15, -0.1) is 0 Å². The lowest BCUT2D eigenvalue weighted by atomic mass is 9.99. The van der Waals surface area contributed by atoms with Crippen LogP contribution in [0.3, 0.4) is 0 Å². The number of hydrogen-bond donors (Lipinski definition) is 2. The molecular formula is C16H21N9O3. The third-order valence-corrected chi connectivity index (χ3v) is 4.11. The van der Waals surface area contributed by atoms with Crippen molar-refractivity contribution < 1.29 is 14.7 Å². The minimum Gasteiger partial charge on any atom is -0.481 e. The number of carboxylic acid groups (broad SMARTS) is 1. The summed E-state index contributed by atoms with van der Waals surface area (Å²) >= 11 is 0. The molecule has 28 heavy (non-hydrogen) atoms. The average molecular weight is 387 g/mol. The van der Waals surface area contributed by atoms with E-state index >= 15 is 0 Å². The van der Waals surface area contributed by atoms with E-state index < -0.39 is 11.9 Å². The van der Waals surface area contributed by atoms with Gasteiger partial charge in [0.15, 0.2) is 5.82 Å². The zero-order chi connectivity index (χ0) is 20.3. The average Bonchev–Trinajstić information content (AvgIpc) is 3.32. The largest absolute Gasteiger partial charge is 0.481 e. The van der Waals surface area contributed by atoms with Crippen molar-refractivity contribution >= 4 is 11.9 Å². The summed E-state index contributed by atoms with van der Waals surface area (Å²) in [4.78, 5) is 29.0. The molecule has 148 valence electrons. The van der Waals surface area contributed by atoms with Crippen LogP contribution in [0.15, 0.2) is 18.7 Å². The van der Waals surface area contributed by atoms with Crippen LogP contribution in [0.2, 0.25) is 0 Å². The molecule has 12 nitrogen and oxygen atoms in total. The van der Waals surface area contributed by atoms with E-state index in [0.717, 1.165) is 37.1 Å². The Balaban J connectivity index is 0.000000516. The predicted molar refractivity (Wildman–Crippen MR) is 95.4 cm³/mol. The van der Waals surface area contributed by atoms with E-state index in [1.807, 2.05) is 17.9 Å². The van der Waals surface area contributed by atoms with Gasteiger partial charge in [0.1, 0.15) is 23.7 Å². The summed E-state index contributed by atoms with van der Waals surface area (Å²) in [6.07, 6.45) is 6.89. The van der Waals surface area contributed by atoms with Crippen LogP contribution in [-0.2, 0) is 36.0 Å². The highest BCUT2D eigenvalue weighted by Gasteiger charge is 2.27. The molecule has 4 heterocycles. The molecule has 4 rings (SSSR count). The molecule has 0 saturated heterocycles. The number of fused-ring (bicyclic) bond motifs is 1. The maximum Gasteiger partial charge on any atom is 0.300 e. The molecule has 0 radical (unpaired) electrons. The van der Waals surface area contributed by atoms with Crippen molar-refractivity contribution in [2.45, 2.75) is 38.6 Å². The highest BCUT2D eigenvalue weighted by molar-refractivity contribution is 5.75. The minimum atomic E-state index is -0.833. The lowest BCUT2D eigenvalue weighted by Gasteiger charge is -2.21. The van der Waals surface area contributed by atoms with E-state index in [2.05, 4.69) is 25.3 Å². The number of nitrogens with zero attached hydrogens (tertiary/aromatic N) is 8. The fraction of sp³-hybridized carbons (Fsp3) is 0.438. The molecule has 0 spiro atoms. The number of rotatable bonds is 4. The molecule has 1 amide bonds. The first-order valence-electron chi connectivity index (χ1n) is 8.63. The SMILES string of the molecule is CC(=O)O.Cn1cc(-n2nc(CC(N)=O)nc2C2CCc3ncnn3C2)cn1. The summed E-state index contributed by atoms with van der Waals surface area (Å²) in [6, 6.07) is 0. The van der Waals surface area contributed by atoms with Crippen molar-refractivity contribution in [1.82, 2.24) is 39.3 Å². The van der Waals surface area contributed by atoms with Crippen LogP contribution < -0.4 is 5.73 Å². The summed E-state index contributed by atoms with van der Waals surface area (Å²) in [5, 5.41) is 20.3. The molecule has 1 aliphatic heterocycles. The molecule has 1 unspecified atom stereocenters. The third kappa shape index (κ3) is 4.39. The predicted octanol–water partition coefficient (Wildman–Crippen LogP) is -0.559. The molecule has 3 aromatic heterocycles. The second-order valence-corrected chi connectivity index (χ2v) is 6.43. The van der Waals surface area contributed by atoms with Crippen molar-refractivity contribution in [2.24, 2.45) is 12.8 Å². The second kappa shape index (κ2) is 7.98. The van der Waals surface area contributed by atoms with E-state index in [1.54, 1.807) is 21.9 Å². The van der Waals surface area contributed by atoms with Gasteiger partial charge in [0.05, 0.1) is 25.4 Å². The Morgan fingerprint density at radius 1 is 1.36 bits per heavy atom. The van der Waals surface area contributed by atoms with Gasteiger partial charge in [-0.05, 0) is 6.42 Å². The van der Waals surface area contributed by atoms with E-state index in [-0.39, 0.29) is 12.3 Å². The van der Waals surface area contributed by atoms with Gasteiger partial charge in [0.25, 0.3) is 5.97 Å². The molecule has 0 saturated carbocycles. The Bertz CT molecular complexity index is 983. The lowest BCUT2D eigenvalue weighted by Crippen LogP contribution is -2.22. The van der Waals surface area contributed by atoms with Gasteiger partial charge >= 0.3 is 0 Å². The number of amides is 1. The number of carboxylic acids is 1. The van der Waals surface area contributed by atoms with Crippen molar-refractivity contribution in [3.63, 3.8) is 0 Å². The molecule has 0 aromatic carbocycles. The summed E-state index contributed by atoms with van der Waals surface area (Å²) in [5.41, 5.74) is 6.09. The Kier molecular flexibility index (Phi) is 5.47. The third-order valence-electron chi connectivity index (χ3n) is 4.11. The Labute approximate surface area is 160 Å². The number of aryl methyl sites for hydroxylation is 2. The molecular weight excluding hydrogens is 366 g/mol. The highest BCUT2D eigenvalue weighted by Crippen LogP contribution is 2.28. The van der Waals surface area contributed by atoms with E-state index in [4.69, 9.17) is 15.6 Å². The first-order valence-corrected chi connectivity index (χ1v) is 8.63. The number of primary amides is 1. The van der Waals surface area contributed by atoms with Crippen LogP contribution in [0.5, 0.6) is 0 Å². The van der Waals surface area contributed by atoms with Gasteiger partial charge in [-0.3, -0.25) is 14.3 Å².